The van der Waals surface area contributed by atoms with Crippen LogP contribution in [-0.4, -0.2) is 80.8 Å². The van der Waals surface area contributed by atoms with Crippen molar-refractivity contribution in [2.24, 2.45) is 11.1 Å². The van der Waals surface area contributed by atoms with Gasteiger partial charge in [0.2, 0.25) is 5.91 Å². The van der Waals surface area contributed by atoms with Crippen LogP contribution in [0.5, 0.6) is 0 Å². The number of nitrogens with zero attached hydrogens (tertiary/aromatic N) is 2. The molecule has 2 N–H and O–H groups in total. The minimum atomic E-state index is -4.63. The number of hydroxylamine groups is 2. The lowest BCUT2D eigenvalue weighted by Crippen LogP contribution is -2.47. The Kier molecular flexibility index (Phi) is 5.53. The second kappa shape index (κ2) is 7.46. The summed E-state index contributed by atoms with van der Waals surface area (Å²) in [5.74, 6) is -1.30. The minimum Gasteiger partial charge on any atom is -0.457 e. The van der Waals surface area contributed by atoms with E-state index in [1.165, 1.54) is 18.7 Å². The van der Waals surface area contributed by atoms with Gasteiger partial charge in [-0.15, -0.1) is 4.28 Å². The molecule has 0 aliphatic carbocycles. The highest BCUT2D eigenvalue weighted by atomic mass is 32.3. The molecule has 3 saturated heterocycles. The van der Waals surface area contributed by atoms with E-state index < -0.39 is 52.4 Å². The van der Waals surface area contributed by atoms with Crippen molar-refractivity contribution in [1.82, 2.24) is 9.96 Å². The summed E-state index contributed by atoms with van der Waals surface area (Å²) in [6.45, 7) is 3.10. The Morgan fingerprint density at radius 3 is 2.54 bits per heavy atom. The third kappa shape index (κ3) is 4.21. The van der Waals surface area contributed by atoms with Gasteiger partial charge in [0, 0.05) is 6.54 Å². The van der Waals surface area contributed by atoms with Crippen LogP contribution in [0.4, 0.5) is 4.79 Å². The summed E-state index contributed by atoms with van der Waals surface area (Å²) >= 11 is 0. The second-order valence-corrected chi connectivity index (χ2v) is 8.80. The van der Waals surface area contributed by atoms with Gasteiger partial charge in [0.05, 0.1) is 31.3 Å². The average molecular weight is 421 g/mol. The Morgan fingerprint density at radius 2 is 1.96 bits per heavy atom. The van der Waals surface area contributed by atoms with Crippen molar-refractivity contribution in [3.8, 4) is 0 Å². The number of hydrogen-bond donors (Lipinski definition) is 1. The quantitative estimate of drug-likeness (QED) is 0.481. The first-order chi connectivity index (χ1) is 13.0. The van der Waals surface area contributed by atoms with Crippen LogP contribution in [0.15, 0.2) is 0 Å². The number of fused-ring (bicyclic) bond motifs is 2. The van der Waals surface area contributed by atoms with Crippen molar-refractivity contribution >= 4 is 28.3 Å². The Balaban J connectivity index is 1.57. The first kappa shape index (κ1) is 20.8. The molecule has 2 bridgehead atoms. The number of rotatable bonds is 8. The Hall–Kier alpha value is -1.96. The number of nitrogens with two attached hydrogens (primary N) is 1. The Labute approximate surface area is 162 Å². The predicted octanol–water partition coefficient (Wildman–Crippen LogP) is -1.10. The van der Waals surface area contributed by atoms with Crippen LogP contribution >= 0.6 is 0 Å². The molecular weight excluding hydrogens is 398 g/mol. The van der Waals surface area contributed by atoms with Crippen molar-refractivity contribution in [2.75, 3.05) is 26.4 Å². The third-order valence-corrected chi connectivity index (χ3v) is 5.57. The predicted molar refractivity (Wildman–Crippen MR) is 90.4 cm³/mol. The minimum absolute atomic E-state index is 0.128. The molecule has 3 heterocycles. The lowest BCUT2D eigenvalue weighted by molar-refractivity contribution is -0.183. The van der Waals surface area contributed by atoms with Crippen LogP contribution in [-0.2, 0) is 37.9 Å². The highest BCUT2D eigenvalue weighted by Gasteiger charge is 2.49. The molecule has 0 aromatic rings. The normalized spacial score (nSPS) is 25.6. The number of esters is 1. The summed E-state index contributed by atoms with van der Waals surface area (Å²) in [6.07, 6.45) is 0.316. The third-order valence-electron chi connectivity index (χ3n) is 4.82. The van der Waals surface area contributed by atoms with E-state index >= 15 is 0 Å². The Morgan fingerprint density at radius 1 is 1.29 bits per heavy atom. The van der Waals surface area contributed by atoms with E-state index in [2.05, 4.69) is 0 Å². The van der Waals surface area contributed by atoms with Crippen molar-refractivity contribution in [3.05, 3.63) is 0 Å². The van der Waals surface area contributed by atoms with Gasteiger partial charge in [0.1, 0.15) is 12.1 Å². The highest BCUT2D eigenvalue weighted by molar-refractivity contribution is 7.81. The van der Waals surface area contributed by atoms with Crippen LogP contribution in [0.2, 0.25) is 0 Å². The van der Waals surface area contributed by atoms with E-state index in [1.54, 1.807) is 0 Å². The number of carbonyl (C=O) groups excluding carboxylic acids is 3. The fraction of sp³-hybridized carbons (Fsp3) is 0.800. The van der Waals surface area contributed by atoms with E-state index in [4.69, 9.17) is 23.7 Å². The standard InChI is InChI=1S/C15H23N3O9S/c1-15(2,13(20)26-10-6-24-7-10)8-25-28(22,23)27-18-9-3-4-11(12(16)19)17(5-9)14(18)21/h9-11H,3-8H2,1-2H3,(H2,16,19)/t9?,11-/m0/s1. The Bertz CT molecular complexity index is 765. The molecule has 3 amide bonds. The summed E-state index contributed by atoms with van der Waals surface area (Å²) in [5, 5.41) is 0.676. The maximum Gasteiger partial charge on any atom is 0.421 e. The first-order valence-electron chi connectivity index (χ1n) is 8.77. The molecule has 0 radical (unpaired) electrons. The van der Waals surface area contributed by atoms with Crippen LogP contribution in [0, 0.1) is 5.41 Å². The molecular formula is C15H23N3O9S. The first-order valence-corrected chi connectivity index (χ1v) is 10.1. The molecule has 3 fully saturated rings. The zero-order chi connectivity index (χ0) is 20.7. The van der Waals surface area contributed by atoms with Crippen LogP contribution in [0.25, 0.3) is 0 Å². The molecule has 158 valence electrons. The van der Waals surface area contributed by atoms with Crippen molar-refractivity contribution in [3.63, 3.8) is 0 Å². The van der Waals surface area contributed by atoms with E-state index in [9.17, 15) is 22.8 Å². The fourth-order valence-electron chi connectivity index (χ4n) is 3.02. The molecule has 13 heteroatoms. The number of hydrogen-bond acceptors (Lipinski definition) is 9. The van der Waals surface area contributed by atoms with E-state index in [-0.39, 0.29) is 12.6 Å². The molecule has 0 spiro atoms. The number of piperidine rings is 1. The summed E-state index contributed by atoms with van der Waals surface area (Å²) in [4.78, 5) is 37.1. The van der Waals surface area contributed by atoms with E-state index in [1.807, 2.05) is 0 Å². The van der Waals surface area contributed by atoms with Gasteiger partial charge in [-0.25, -0.2) is 8.98 Å². The van der Waals surface area contributed by atoms with Crippen LogP contribution in [0.3, 0.4) is 0 Å². The lowest BCUT2D eigenvalue weighted by atomic mass is 9.95. The van der Waals surface area contributed by atoms with Crippen molar-refractivity contribution < 1.29 is 40.7 Å². The van der Waals surface area contributed by atoms with Gasteiger partial charge >= 0.3 is 22.4 Å². The average Bonchev–Trinajstić information content (AvgIpc) is 2.80. The maximum atomic E-state index is 12.4. The zero-order valence-electron chi connectivity index (χ0n) is 15.5. The monoisotopic (exact) mass is 421 g/mol. The summed E-state index contributed by atoms with van der Waals surface area (Å²) in [5.41, 5.74) is 4.01. The second-order valence-electron chi connectivity index (χ2n) is 7.60. The van der Waals surface area contributed by atoms with Crippen LogP contribution < -0.4 is 5.73 Å². The van der Waals surface area contributed by atoms with Gasteiger partial charge in [-0.05, 0) is 26.7 Å². The molecule has 0 aromatic heterocycles. The molecule has 28 heavy (non-hydrogen) atoms. The number of urea groups is 1. The SMILES string of the molecule is CC(C)(COS(=O)(=O)ON1C(=O)N2CC1CC[C@H]2C(N)=O)C(=O)OC1COC1. The molecule has 2 atom stereocenters. The van der Waals surface area contributed by atoms with Gasteiger partial charge in [-0.2, -0.15) is 13.5 Å². The van der Waals surface area contributed by atoms with Gasteiger partial charge in [-0.3, -0.25) is 9.59 Å². The van der Waals surface area contributed by atoms with Gasteiger partial charge in [0.25, 0.3) is 0 Å². The molecule has 12 nitrogen and oxygen atoms in total. The molecule has 0 saturated carbocycles. The molecule has 0 aromatic carbocycles. The number of ether oxygens (including phenoxy) is 2. The van der Waals surface area contributed by atoms with Crippen molar-refractivity contribution in [2.45, 2.75) is 44.9 Å². The maximum absolute atomic E-state index is 12.4. The van der Waals surface area contributed by atoms with Gasteiger partial charge < -0.3 is 20.1 Å². The summed E-state index contributed by atoms with van der Waals surface area (Å²) < 4.78 is 44.0. The lowest BCUT2D eigenvalue weighted by Gasteiger charge is -2.30. The summed E-state index contributed by atoms with van der Waals surface area (Å²) in [7, 11) is -4.63. The highest BCUT2D eigenvalue weighted by Crippen LogP contribution is 2.31. The molecule has 3 aliphatic heterocycles. The van der Waals surface area contributed by atoms with Crippen LogP contribution in [0.1, 0.15) is 26.7 Å². The van der Waals surface area contributed by atoms with E-state index in [0.717, 1.165) is 0 Å². The molecule has 3 rings (SSSR count). The van der Waals surface area contributed by atoms with Gasteiger partial charge in [-0.1, -0.05) is 0 Å². The van der Waals surface area contributed by atoms with E-state index in [0.29, 0.717) is 31.1 Å². The van der Waals surface area contributed by atoms with Gasteiger partial charge in [0.15, 0.2) is 0 Å². The molecule has 3 aliphatic rings. The summed E-state index contributed by atoms with van der Waals surface area (Å²) in [6, 6.07) is -2.12. The number of carbonyl (C=O) groups is 3. The zero-order valence-corrected chi connectivity index (χ0v) is 16.3. The number of amides is 3. The fourth-order valence-corrected chi connectivity index (χ4v) is 3.88. The smallest absolute Gasteiger partial charge is 0.421 e. The largest absolute Gasteiger partial charge is 0.457 e. The number of primary amides is 1. The van der Waals surface area contributed by atoms with Crippen molar-refractivity contribution in [1.29, 1.82) is 0 Å². The molecule has 1 unspecified atom stereocenters. The topological polar surface area (TPSA) is 155 Å².